The lowest BCUT2D eigenvalue weighted by atomic mass is 10.2. The number of rotatable bonds is 4. The lowest BCUT2D eigenvalue weighted by Gasteiger charge is -2.34. The van der Waals surface area contributed by atoms with E-state index in [2.05, 4.69) is 10.6 Å². The summed E-state index contributed by atoms with van der Waals surface area (Å²) in [6.07, 6.45) is 1.47. The molecule has 8 heteroatoms. The third-order valence-corrected chi connectivity index (χ3v) is 4.49. The summed E-state index contributed by atoms with van der Waals surface area (Å²) in [5.41, 5.74) is 1.23. The summed E-state index contributed by atoms with van der Waals surface area (Å²) < 4.78 is 5.14. The fraction of sp³-hybridized carbons (Fsp3) is 0.350. The molecule has 0 aliphatic carbocycles. The molecule has 28 heavy (non-hydrogen) atoms. The first-order chi connectivity index (χ1) is 13.4. The SMILES string of the molecule is CC(C)C(=O)Nc1cccc(NC(=O)N2CCN(C(=O)c3ccco3)CC2)c1. The van der Waals surface area contributed by atoms with Crippen molar-refractivity contribution < 1.29 is 18.8 Å². The fourth-order valence-electron chi connectivity index (χ4n) is 2.83. The number of nitrogens with zero attached hydrogens (tertiary/aromatic N) is 2. The quantitative estimate of drug-likeness (QED) is 0.847. The molecular formula is C20H24N4O4. The molecule has 0 unspecified atom stereocenters. The molecule has 3 rings (SSSR count). The van der Waals surface area contributed by atoms with Crippen molar-refractivity contribution in [2.45, 2.75) is 13.8 Å². The summed E-state index contributed by atoms with van der Waals surface area (Å²) in [4.78, 5) is 39.9. The zero-order valence-electron chi connectivity index (χ0n) is 16.0. The van der Waals surface area contributed by atoms with Gasteiger partial charge >= 0.3 is 6.03 Å². The van der Waals surface area contributed by atoms with Crippen molar-refractivity contribution in [2.24, 2.45) is 5.92 Å². The van der Waals surface area contributed by atoms with Gasteiger partial charge in [-0.25, -0.2) is 4.79 Å². The van der Waals surface area contributed by atoms with Gasteiger partial charge in [0.05, 0.1) is 6.26 Å². The largest absolute Gasteiger partial charge is 0.459 e. The van der Waals surface area contributed by atoms with E-state index < -0.39 is 0 Å². The van der Waals surface area contributed by atoms with E-state index in [4.69, 9.17) is 4.42 Å². The number of hydrogen-bond donors (Lipinski definition) is 2. The van der Waals surface area contributed by atoms with Gasteiger partial charge in [0.1, 0.15) is 0 Å². The first-order valence-corrected chi connectivity index (χ1v) is 9.23. The molecule has 0 bridgehead atoms. The Hall–Kier alpha value is -3.29. The average Bonchev–Trinajstić information content (AvgIpc) is 3.22. The third-order valence-electron chi connectivity index (χ3n) is 4.49. The van der Waals surface area contributed by atoms with Crippen LogP contribution in [0.15, 0.2) is 47.1 Å². The van der Waals surface area contributed by atoms with Crippen LogP contribution in [0.2, 0.25) is 0 Å². The number of furan rings is 1. The molecule has 1 aromatic carbocycles. The van der Waals surface area contributed by atoms with Crippen molar-refractivity contribution >= 4 is 29.2 Å². The summed E-state index contributed by atoms with van der Waals surface area (Å²) in [6, 6.07) is 10.1. The van der Waals surface area contributed by atoms with E-state index in [1.54, 1.807) is 46.2 Å². The second-order valence-electron chi connectivity index (χ2n) is 6.91. The molecule has 0 saturated carbocycles. The Bertz CT molecular complexity index is 840. The van der Waals surface area contributed by atoms with E-state index in [1.165, 1.54) is 6.26 Å². The molecule has 0 atom stereocenters. The number of benzene rings is 1. The van der Waals surface area contributed by atoms with Crippen LogP contribution in [0.25, 0.3) is 0 Å². The molecule has 1 aliphatic heterocycles. The van der Waals surface area contributed by atoms with Crippen LogP contribution in [0.4, 0.5) is 16.2 Å². The van der Waals surface area contributed by atoms with Gasteiger partial charge in [-0.1, -0.05) is 19.9 Å². The standard InChI is InChI=1S/C20H24N4O4/c1-14(2)18(25)21-15-5-3-6-16(13-15)22-20(27)24-10-8-23(9-11-24)19(26)17-7-4-12-28-17/h3-7,12-14H,8-11H2,1-2H3,(H,21,25)(H,22,27). The molecule has 0 radical (unpaired) electrons. The maximum Gasteiger partial charge on any atom is 0.321 e. The van der Waals surface area contributed by atoms with Crippen molar-refractivity contribution in [1.82, 2.24) is 9.80 Å². The number of carbonyl (C=O) groups excluding carboxylic acids is 3. The molecule has 2 N–H and O–H groups in total. The third kappa shape index (κ3) is 4.70. The molecule has 1 fully saturated rings. The highest BCUT2D eigenvalue weighted by atomic mass is 16.3. The lowest BCUT2D eigenvalue weighted by Crippen LogP contribution is -2.51. The van der Waals surface area contributed by atoms with E-state index in [1.807, 2.05) is 13.8 Å². The van der Waals surface area contributed by atoms with Crippen molar-refractivity contribution in [3.63, 3.8) is 0 Å². The minimum atomic E-state index is -0.238. The van der Waals surface area contributed by atoms with Gasteiger partial charge in [0, 0.05) is 43.5 Å². The molecule has 4 amide bonds. The van der Waals surface area contributed by atoms with Crippen molar-refractivity contribution in [2.75, 3.05) is 36.8 Å². The van der Waals surface area contributed by atoms with Crippen LogP contribution in [-0.4, -0.2) is 53.8 Å². The van der Waals surface area contributed by atoms with E-state index >= 15 is 0 Å². The molecule has 0 spiro atoms. The topological polar surface area (TPSA) is 94.9 Å². The minimum absolute atomic E-state index is 0.0826. The zero-order chi connectivity index (χ0) is 20.1. The molecule has 2 aromatic rings. The average molecular weight is 384 g/mol. The second-order valence-corrected chi connectivity index (χ2v) is 6.91. The smallest absolute Gasteiger partial charge is 0.321 e. The van der Waals surface area contributed by atoms with Crippen LogP contribution in [0.3, 0.4) is 0 Å². The maximum absolute atomic E-state index is 12.5. The predicted octanol–water partition coefficient (Wildman–Crippen LogP) is 2.86. The number of carbonyl (C=O) groups is 3. The van der Waals surface area contributed by atoms with Gasteiger partial charge in [0.2, 0.25) is 5.91 Å². The molecule has 148 valence electrons. The molecule has 1 aromatic heterocycles. The van der Waals surface area contributed by atoms with Crippen LogP contribution < -0.4 is 10.6 Å². The number of hydrogen-bond acceptors (Lipinski definition) is 4. The van der Waals surface area contributed by atoms with E-state index in [9.17, 15) is 14.4 Å². The van der Waals surface area contributed by atoms with Gasteiger partial charge in [-0.15, -0.1) is 0 Å². The van der Waals surface area contributed by atoms with Crippen LogP contribution >= 0.6 is 0 Å². The predicted molar refractivity (Wildman–Crippen MR) is 105 cm³/mol. The molecule has 1 aliphatic rings. The summed E-state index contributed by atoms with van der Waals surface area (Å²) in [5, 5.41) is 5.65. The minimum Gasteiger partial charge on any atom is -0.459 e. The summed E-state index contributed by atoms with van der Waals surface area (Å²) >= 11 is 0. The van der Waals surface area contributed by atoms with E-state index in [0.717, 1.165) is 0 Å². The van der Waals surface area contributed by atoms with Crippen LogP contribution in [-0.2, 0) is 4.79 Å². The Balaban J connectivity index is 1.53. The Morgan fingerprint density at radius 3 is 2.18 bits per heavy atom. The Kier molecular flexibility index (Phi) is 5.98. The van der Waals surface area contributed by atoms with E-state index in [-0.39, 0.29) is 23.8 Å². The highest BCUT2D eigenvalue weighted by Gasteiger charge is 2.26. The van der Waals surface area contributed by atoms with Gasteiger partial charge < -0.3 is 24.9 Å². The van der Waals surface area contributed by atoms with E-state index in [0.29, 0.717) is 43.3 Å². The van der Waals surface area contributed by atoms with Gasteiger partial charge in [0.25, 0.3) is 5.91 Å². The fourth-order valence-corrected chi connectivity index (χ4v) is 2.83. The van der Waals surface area contributed by atoms with Gasteiger partial charge in [-0.2, -0.15) is 0 Å². The first-order valence-electron chi connectivity index (χ1n) is 9.23. The maximum atomic E-state index is 12.5. The number of piperazine rings is 1. The summed E-state index contributed by atoms with van der Waals surface area (Å²) in [6.45, 7) is 5.38. The van der Waals surface area contributed by atoms with Gasteiger partial charge in [0.15, 0.2) is 5.76 Å². The molecular weight excluding hydrogens is 360 g/mol. The first kappa shape index (κ1) is 19.5. The van der Waals surface area contributed by atoms with Gasteiger partial charge in [-0.05, 0) is 30.3 Å². The van der Waals surface area contributed by atoms with Gasteiger partial charge in [-0.3, -0.25) is 9.59 Å². The normalized spacial score (nSPS) is 14.1. The number of nitrogens with one attached hydrogen (secondary N) is 2. The monoisotopic (exact) mass is 384 g/mol. The highest BCUT2D eigenvalue weighted by Crippen LogP contribution is 2.17. The van der Waals surface area contributed by atoms with Crippen molar-refractivity contribution in [3.8, 4) is 0 Å². The van der Waals surface area contributed by atoms with Crippen LogP contribution in [0.5, 0.6) is 0 Å². The number of urea groups is 1. The second kappa shape index (κ2) is 8.60. The number of amides is 4. The van der Waals surface area contributed by atoms with Crippen LogP contribution in [0.1, 0.15) is 24.4 Å². The highest BCUT2D eigenvalue weighted by molar-refractivity contribution is 5.94. The Labute approximate surface area is 163 Å². The lowest BCUT2D eigenvalue weighted by molar-refractivity contribution is -0.118. The molecule has 2 heterocycles. The Morgan fingerprint density at radius 1 is 0.929 bits per heavy atom. The zero-order valence-corrected chi connectivity index (χ0v) is 16.0. The van der Waals surface area contributed by atoms with Crippen molar-refractivity contribution in [1.29, 1.82) is 0 Å². The summed E-state index contributed by atoms with van der Waals surface area (Å²) in [7, 11) is 0. The number of anilines is 2. The summed E-state index contributed by atoms with van der Waals surface area (Å²) in [5.74, 6) is -0.0731. The van der Waals surface area contributed by atoms with Crippen molar-refractivity contribution in [3.05, 3.63) is 48.4 Å². The molecule has 1 saturated heterocycles. The molecule has 8 nitrogen and oxygen atoms in total. The van der Waals surface area contributed by atoms with Crippen LogP contribution in [0, 0.1) is 5.92 Å². The Morgan fingerprint density at radius 2 is 1.57 bits per heavy atom.